The van der Waals surface area contributed by atoms with E-state index >= 15 is 0 Å². The summed E-state index contributed by atoms with van der Waals surface area (Å²) in [5, 5.41) is 20.2. The Bertz CT molecular complexity index is 9660. The molecule has 0 saturated heterocycles. The van der Waals surface area contributed by atoms with Crippen molar-refractivity contribution in [2.24, 2.45) is 0 Å². The van der Waals surface area contributed by atoms with Gasteiger partial charge in [-0.25, -0.2) is 0 Å². The normalized spacial score (nSPS) is 13.7. The highest BCUT2D eigenvalue weighted by Crippen LogP contribution is 2.66. The van der Waals surface area contributed by atoms with Crippen LogP contribution in [-0.2, 0) is 21.7 Å². The molecule has 0 radical (unpaired) electrons. The average molecular weight is 1870 g/mol. The van der Waals surface area contributed by atoms with Gasteiger partial charge in [0, 0.05) is 48.5 Å². The molecule has 3 nitrogen and oxygen atoms in total. The molecular formula is C143H108O3. The van der Waals surface area contributed by atoms with E-state index < -0.39 is 0 Å². The van der Waals surface area contributed by atoms with E-state index in [4.69, 9.17) is 13.3 Å². The first-order valence-electron chi connectivity index (χ1n) is 51.3. The molecule has 6 aliphatic carbocycles. The lowest BCUT2D eigenvalue weighted by Crippen LogP contribution is -2.25. The van der Waals surface area contributed by atoms with Crippen molar-refractivity contribution < 1.29 is 13.3 Å². The first-order chi connectivity index (χ1) is 71.3. The summed E-state index contributed by atoms with van der Waals surface area (Å²) in [5.74, 6) is 0. The molecule has 26 aromatic rings. The van der Waals surface area contributed by atoms with E-state index in [1.54, 1.807) is 0 Å². The summed E-state index contributed by atoms with van der Waals surface area (Å²) in [5.41, 5.74) is 48.6. The molecule has 2 spiro atoms. The molecule has 0 unspecified atom stereocenters. The van der Waals surface area contributed by atoms with Crippen molar-refractivity contribution in [3.63, 3.8) is 0 Å². The molecule has 3 aromatic heterocycles. The fourth-order valence-corrected chi connectivity index (χ4v) is 25.9. The van der Waals surface area contributed by atoms with Gasteiger partial charge < -0.3 is 13.3 Å². The zero-order valence-electron chi connectivity index (χ0n) is 84.0. The fourth-order valence-electron chi connectivity index (χ4n) is 25.9. The van der Waals surface area contributed by atoms with Crippen LogP contribution < -0.4 is 0 Å². The van der Waals surface area contributed by atoms with E-state index in [1.165, 1.54) is 259 Å². The Labute approximate surface area is 852 Å². The van der Waals surface area contributed by atoms with Gasteiger partial charge in [-0.05, 0) is 295 Å². The highest BCUT2D eigenvalue weighted by Gasteiger charge is 2.54. The van der Waals surface area contributed by atoms with Crippen molar-refractivity contribution in [2.45, 2.75) is 97.8 Å². The number of fused-ring (bicyclic) bond motifs is 45. The van der Waals surface area contributed by atoms with Gasteiger partial charge in [0.15, 0.2) is 0 Å². The van der Waals surface area contributed by atoms with Gasteiger partial charge in [0.1, 0.15) is 33.5 Å². The number of benzene rings is 23. The number of rotatable bonds is 0. The van der Waals surface area contributed by atoms with Crippen LogP contribution in [0.15, 0.2) is 468 Å². The molecule has 3 heteroatoms. The first kappa shape index (κ1) is 88.9. The topological polar surface area (TPSA) is 39.4 Å². The third-order valence-corrected chi connectivity index (χ3v) is 32.5. The van der Waals surface area contributed by atoms with Crippen LogP contribution in [0.4, 0.5) is 0 Å². The van der Waals surface area contributed by atoms with E-state index in [2.05, 4.69) is 519 Å². The van der Waals surface area contributed by atoms with Crippen LogP contribution in [0.1, 0.15) is 133 Å². The second-order valence-electron chi connectivity index (χ2n) is 41.8. The Hall–Kier alpha value is -17.2. The zero-order valence-corrected chi connectivity index (χ0v) is 84.0. The third-order valence-electron chi connectivity index (χ3n) is 32.5. The molecule has 0 saturated carbocycles. The zero-order chi connectivity index (χ0) is 98.8. The predicted molar refractivity (Wildman–Crippen MR) is 615 cm³/mol. The molecule has 32 rings (SSSR count). The van der Waals surface area contributed by atoms with Crippen molar-refractivity contribution in [3.8, 4) is 66.8 Å². The first-order valence-corrected chi connectivity index (χ1v) is 51.3. The maximum absolute atomic E-state index is 6.05. The van der Waals surface area contributed by atoms with Gasteiger partial charge in [-0.2, -0.15) is 0 Å². The Morgan fingerprint density at radius 3 is 1.12 bits per heavy atom. The maximum atomic E-state index is 6.05. The number of para-hydroxylation sites is 1. The van der Waals surface area contributed by atoms with Crippen LogP contribution in [0.25, 0.3) is 186 Å². The molecule has 698 valence electrons. The number of hydrogen-bond acceptors (Lipinski definition) is 3. The second kappa shape index (κ2) is 34.5. The highest BCUT2D eigenvalue weighted by molar-refractivity contribution is 6.21. The average Bonchev–Trinajstić information content (AvgIpc) is 1.51. The molecule has 3 heterocycles. The minimum absolute atomic E-state index is 0.0979. The van der Waals surface area contributed by atoms with Crippen LogP contribution in [0.5, 0.6) is 0 Å². The van der Waals surface area contributed by atoms with E-state index in [-0.39, 0.29) is 21.7 Å². The molecule has 0 atom stereocenters. The Morgan fingerprint density at radius 2 is 0.514 bits per heavy atom. The van der Waals surface area contributed by atoms with Crippen molar-refractivity contribution in [2.75, 3.05) is 0 Å². The predicted octanol–water partition coefficient (Wildman–Crippen LogP) is 38.7. The van der Waals surface area contributed by atoms with Crippen LogP contribution in [0.3, 0.4) is 0 Å². The smallest absolute Gasteiger partial charge is 0.143 e. The SMILES string of the molecule is Cc1cc2c(c3ccccc13)-c1ccccc1C2(C)C.Cc1cc2oc3ccccc3c2c2ccccc12.Cc1ccc2c(c1)C(C)(C)c1ccc3ccccc3c1-2.Cc1ccc2c(c1)C1(c3ccccc3-c3ccccc31)c1ccccc1-2.Cc1ccc2c(c1)oc1c3ccccc3ccc21.Cc1ccc2c(c1)oc1ccc3ccccc3c12.Cc1cccc2c1-c1ccccc1C21c2ccccc2-c2ccccc21. The summed E-state index contributed by atoms with van der Waals surface area (Å²) < 4.78 is 17.9. The van der Waals surface area contributed by atoms with Crippen molar-refractivity contribution >= 4 is 120 Å². The van der Waals surface area contributed by atoms with E-state index in [0.717, 1.165) is 33.5 Å². The molecule has 6 aliphatic rings. The number of aryl methyl sites for hydroxylation is 7. The van der Waals surface area contributed by atoms with E-state index in [1.807, 2.05) is 12.1 Å². The maximum Gasteiger partial charge on any atom is 0.143 e. The van der Waals surface area contributed by atoms with Crippen LogP contribution >= 0.6 is 0 Å². The quantitative estimate of drug-likeness (QED) is 0.152. The molecule has 0 aliphatic heterocycles. The Morgan fingerprint density at radius 1 is 0.158 bits per heavy atom. The van der Waals surface area contributed by atoms with Crippen molar-refractivity contribution in [1.29, 1.82) is 0 Å². The minimum atomic E-state index is -0.189. The van der Waals surface area contributed by atoms with Gasteiger partial charge >= 0.3 is 0 Å². The molecule has 0 N–H and O–H groups in total. The molecule has 0 bridgehead atoms. The summed E-state index contributed by atoms with van der Waals surface area (Å²) in [6.45, 7) is 24.5. The fraction of sp³-hybridized carbons (Fsp3) is 0.105. The van der Waals surface area contributed by atoms with Crippen molar-refractivity contribution in [3.05, 3.63) is 561 Å². The van der Waals surface area contributed by atoms with Gasteiger partial charge in [-0.15, -0.1) is 0 Å². The molecular weight excluding hydrogens is 1770 g/mol. The second-order valence-corrected chi connectivity index (χ2v) is 41.8. The van der Waals surface area contributed by atoms with E-state index in [9.17, 15) is 0 Å². The summed E-state index contributed by atoms with van der Waals surface area (Å²) >= 11 is 0. The lowest BCUT2D eigenvalue weighted by atomic mass is 9.70. The summed E-state index contributed by atoms with van der Waals surface area (Å²) in [6, 6.07) is 165. The summed E-state index contributed by atoms with van der Waals surface area (Å²) in [4.78, 5) is 0. The van der Waals surface area contributed by atoms with Gasteiger partial charge in [0.25, 0.3) is 0 Å². The van der Waals surface area contributed by atoms with Gasteiger partial charge in [0.05, 0.1) is 10.8 Å². The minimum Gasteiger partial charge on any atom is -0.456 e. The van der Waals surface area contributed by atoms with Crippen molar-refractivity contribution in [1.82, 2.24) is 0 Å². The molecule has 146 heavy (non-hydrogen) atoms. The number of furan rings is 3. The summed E-state index contributed by atoms with van der Waals surface area (Å²) in [7, 11) is 0. The lowest BCUT2D eigenvalue weighted by molar-refractivity contribution is 0.660. The monoisotopic (exact) mass is 1870 g/mol. The van der Waals surface area contributed by atoms with Crippen LogP contribution in [-0.4, -0.2) is 0 Å². The van der Waals surface area contributed by atoms with Gasteiger partial charge in [-0.1, -0.05) is 457 Å². The number of hydrogen-bond donors (Lipinski definition) is 0. The Kier molecular flexibility index (Phi) is 21.0. The Balaban J connectivity index is 0.0000000870. The lowest BCUT2D eigenvalue weighted by Gasteiger charge is -2.30. The van der Waals surface area contributed by atoms with Gasteiger partial charge in [-0.3, -0.25) is 0 Å². The standard InChI is InChI=1S/2C26H18.2C20H18.3C17H12O/c1-17-9-8-16-24-25(17)20-12-4-7-15-23(20)26(24)21-13-5-2-10-18(21)19-11-3-6-14-22(19)26;1-17-14-15-21-20-10-4-7-13-24(20)26(25(21)16-17)22-11-5-2-8-18(22)19-9-3-6-12-23(19)26;1-13-12-18-19(15-9-5-4-8-14(13)15)16-10-6-7-11-17(16)20(18,2)3;1-13-8-10-16-18(12-13)20(2,3)17-11-9-14-6-4-5-7-15(14)19(16)17;1-11-10-16-17(13-7-3-2-6-12(11)13)14-8-4-5-9-15(14)18-16;1-11-6-8-14-16(10-11)18-15-9-7-12-4-2-3-5-13(12)17(14)15;1-11-6-8-14-15-9-7-12-4-2-3-5-13(12)17(15)18-16(14)10-11/h2*2-16H,1H3;2*4-12H,1-3H3;3*2-10H,1H3. The molecule has 0 fully saturated rings. The largest absolute Gasteiger partial charge is 0.456 e. The summed E-state index contributed by atoms with van der Waals surface area (Å²) in [6.07, 6.45) is 0. The van der Waals surface area contributed by atoms with E-state index in [0.29, 0.717) is 0 Å². The van der Waals surface area contributed by atoms with Gasteiger partial charge in [0.2, 0.25) is 0 Å². The van der Waals surface area contributed by atoms with Crippen LogP contribution in [0, 0.1) is 48.5 Å². The molecule has 0 amide bonds. The highest BCUT2D eigenvalue weighted by atomic mass is 16.3. The third kappa shape index (κ3) is 13.7. The molecule has 23 aromatic carbocycles. The van der Waals surface area contributed by atoms with Crippen LogP contribution in [0.2, 0.25) is 0 Å².